The number of rotatable bonds is 8. The van der Waals surface area contributed by atoms with Gasteiger partial charge >= 0.3 is 0 Å². The molecular weight excluding hydrogens is 516 g/mol. The Morgan fingerprint density at radius 3 is 2.62 bits per heavy atom. The van der Waals surface area contributed by atoms with E-state index in [1.54, 1.807) is 35.2 Å². The molecule has 9 nitrogen and oxygen atoms in total. The van der Waals surface area contributed by atoms with Crippen LogP contribution in [0.4, 0.5) is 8.78 Å². The number of piperidine rings is 1. The summed E-state index contributed by atoms with van der Waals surface area (Å²) < 4.78 is 30.7. The lowest BCUT2D eigenvalue weighted by Gasteiger charge is -2.27. The summed E-state index contributed by atoms with van der Waals surface area (Å²) in [6.45, 7) is 1.79. The number of nitrogens with zero attached hydrogens (tertiary/aromatic N) is 7. The van der Waals surface area contributed by atoms with E-state index in [1.807, 2.05) is 15.5 Å². The molecule has 0 spiro atoms. The van der Waals surface area contributed by atoms with Crippen LogP contribution in [0.3, 0.4) is 0 Å². The normalized spacial score (nSPS) is 13.8. The second-order valence-corrected chi connectivity index (χ2v) is 9.70. The Hall–Kier alpha value is -4.80. The van der Waals surface area contributed by atoms with Crippen LogP contribution in [0.25, 0.3) is 28.3 Å². The Labute approximate surface area is 228 Å². The number of imidazole rings is 2. The highest BCUT2D eigenvalue weighted by atomic mass is 19.1. The molecule has 0 radical (unpaired) electrons. The molecule has 1 saturated heterocycles. The number of halogens is 2. The van der Waals surface area contributed by atoms with E-state index in [9.17, 15) is 18.4 Å². The van der Waals surface area contributed by atoms with Gasteiger partial charge in [0.1, 0.15) is 11.5 Å². The second-order valence-electron chi connectivity index (χ2n) is 9.70. The molecule has 1 amide bonds. The maximum atomic E-state index is 13.7. The Morgan fingerprint density at radius 2 is 1.82 bits per heavy atom. The topological polar surface area (TPSA) is 98.3 Å². The maximum absolute atomic E-state index is 13.7. The number of hydrogen-bond donors (Lipinski definition) is 0. The Balaban J connectivity index is 1.33. The van der Waals surface area contributed by atoms with E-state index < -0.39 is 5.95 Å². The van der Waals surface area contributed by atoms with E-state index in [4.69, 9.17) is 5.10 Å². The van der Waals surface area contributed by atoms with Crippen LogP contribution >= 0.6 is 0 Å². The number of carbonyl (C=O) groups is 2. The van der Waals surface area contributed by atoms with Crippen LogP contribution < -0.4 is 0 Å². The number of hydrogen-bond acceptors (Lipinski definition) is 6. The first-order chi connectivity index (χ1) is 19.4. The van der Waals surface area contributed by atoms with Crippen molar-refractivity contribution in [2.75, 3.05) is 13.1 Å². The summed E-state index contributed by atoms with van der Waals surface area (Å²) in [4.78, 5) is 39.5. The molecule has 11 heteroatoms. The van der Waals surface area contributed by atoms with Crippen LogP contribution in [-0.4, -0.2) is 58.8 Å². The molecule has 0 saturated carbocycles. The van der Waals surface area contributed by atoms with Crippen molar-refractivity contribution in [1.82, 2.24) is 34.0 Å². The van der Waals surface area contributed by atoms with Gasteiger partial charge in [-0.15, -0.1) is 0 Å². The number of likely N-dealkylation sites (tertiary alicyclic amines) is 1. The van der Waals surface area contributed by atoms with Crippen LogP contribution in [0.5, 0.6) is 0 Å². The van der Waals surface area contributed by atoms with Gasteiger partial charge in [-0.25, -0.2) is 23.9 Å². The minimum Gasteiger partial charge on any atom is -0.341 e. The zero-order valence-electron chi connectivity index (χ0n) is 21.5. The van der Waals surface area contributed by atoms with E-state index in [0.29, 0.717) is 42.2 Å². The van der Waals surface area contributed by atoms with Crippen molar-refractivity contribution in [2.24, 2.45) is 0 Å². The number of fused-ring (bicyclic) bond motifs is 1. The van der Waals surface area contributed by atoms with E-state index in [1.165, 1.54) is 24.4 Å². The van der Waals surface area contributed by atoms with Gasteiger partial charge in [0.05, 0.1) is 36.0 Å². The molecule has 5 aromatic rings. The summed E-state index contributed by atoms with van der Waals surface area (Å²) in [6, 6.07) is 12.3. The SMILES string of the molecule is O=C(Cc1cn2nc(-c3c(-c4ccc(F)cc4)ncn3CCN3CCCCC3=O)ccc2n1)c1ccnc(F)c1. The predicted molar refractivity (Wildman–Crippen MR) is 142 cm³/mol. The largest absolute Gasteiger partial charge is 0.341 e. The number of aromatic nitrogens is 6. The number of benzene rings is 1. The van der Waals surface area contributed by atoms with Crippen LogP contribution in [0.15, 0.2) is 67.3 Å². The summed E-state index contributed by atoms with van der Waals surface area (Å²) in [5.74, 6) is -1.19. The van der Waals surface area contributed by atoms with Gasteiger partial charge in [-0.1, -0.05) is 0 Å². The highest BCUT2D eigenvalue weighted by molar-refractivity contribution is 5.97. The molecule has 1 aliphatic heterocycles. The van der Waals surface area contributed by atoms with Crippen LogP contribution in [0.1, 0.15) is 35.3 Å². The van der Waals surface area contributed by atoms with Crippen molar-refractivity contribution in [3.63, 3.8) is 0 Å². The highest BCUT2D eigenvalue weighted by Gasteiger charge is 2.21. The molecule has 0 unspecified atom stereocenters. The lowest BCUT2D eigenvalue weighted by atomic mass is 10.1. The summed E-state index contributed by atoms with van der Waals surface area (Å²) >= 11 is 0. The Bertz CT molecular complexity index is 1710. The zero-order chi connectivity index (χ0) is 27.6. The van der Waals surface area contributed by atoms with Gasteiger partial charge < -0.3 is 9.47 Å². The fraction of sp³-hybridized carbons (Fsp3) is 0.241. The minimum atomic E-state index is -0.717. The van der Waals surface area contributed by atoms with Crippen LogP contribution in [0, 0.1) is 11.8 Å². The van der Waals surface area contributed by atoms with Crippen molar-refractivity contribution in [1.29, 1.82) is 0 Å². The standard InChI is InChI=1S/C29H25F2N7O2/c30-21-6-4-19(5-7-21)28-29(37(18-33-28)14-13-36-12-2-1-3-27(36)40)23-8-9-26-34-22(17-38(26)35-23)16-24(39)20-10-11-32-25(31)15-20/h4-11,15,17-18H,1-3,12-14,16H2. The monoisotopic (exact) mass is 541 g/mol. The van der Waals surface area contributed by atoms with Crippen molar-refractivity contribution < 1.29 is 18.4 Å². The maximum Gasteiger partial charge on any atom is 0.222 e. The van der Waals surface area contributed by atoms with Gasteiger partial charge in [0.2, 0.25) is 11.9 Å². The third-order valence-corrected chi connectivity index (χ3v) is 6.99. The number of carbonyl (C=O) groups excluding carboxylic acids is 2. The summed E-state index contributed by atoms with van der Waals surface area (Å²) in [6.07, 6.45) is 7.08. The van der Waals surface area contributed by atoms with E-state index in [-0.39, 0.29) is 29.5 Å². The van der Waals surface area contributed by atoms with Crippen LogP contribution in [0.2, 0.25) is 0 Å². The van der Waals surface area contributed by atoms with Gasteiger partial charge in [-0.3, -0.25) is 9.59 Å². The average molecular weight is 542 g/mol. The van der Waals surface area contributed by atoms with Crippen molar-refractivity contribution in [3.05, 3.63) is 90.3 Å². The third kappa shape index (κ3) is 5.22. The second kappa shape index (κ2) is 10.8. The fourth-order valence-corrected chi connectivity index (χ4v) is 4.95. The molecule has 40 heavy (non-hydrogen) atoms. The first kappa shape index (κ1) is 25.5. The molecule has 5 heterocycles. The summed E-state index contributed by atoms with van der Waals surface area (Å²) in [5.41, 5.74) is 3.93. The molecule has 0 N–H and O–H groups in total. The number of amides is 1. The number of Topliss-reactive ketones (excluding diaryl/α,β-unsaturated/α-hetero) is 1. The van der Waals surface area contributed by atoms with Gasteiger partial charge in [-0.2, -0.15) is 9.49 Å². The van der Waals surface area contributed by atoms with Crippen molar-refractivity contribution in [3.8, 4) is 22.6 Å². The third-order valence-electron chi connectivity index (χ3n) is 6.99. The quantitative estimate of drug-likeness (QED) is 0.214. The van der Waals surface area contributed by atoms with Gasteiger partial charge in [0.15, 0.2) is 11.4 Å². The smallest absolute Gasteiger partial charge is 0.222 e. The molecule has 1 aliphatic rings. The van der Waals surface area contributed by atoms with Crippen molar-refractivity contribution in [2.45, 2.75) is 32.2 Å². The van der Waals surface area contributed by atoms with E-state index in [0.717, 1.165) is 36.7 Å². The minimum absolute atomic E-state index is 0.0230. The Kier molecular flexibility index (Phi) is 6.85. The van der Waals surface area contributed by atoms with E-state index in [2.05, 4.69) is 15.0 Å². The Morgan fingerprint density at radius 1 is 0.975 bits per heavy atom. The molecule has 0 aliphatic carbocycles. The molecule has 0 atom stereocenters. The molecule has 202 valence electrons. The van der Waals surface area contributed by atoms with Gasteiger partial charge in [0, 0.05) is 49.4 Å². The molecule has 1 fully saturated rings. The first-order valence-corrected chi connectivity index (χ1v) is 13.0. The summed E-state index contributed by atoms with van der Waals surface area (Å²) in [7, 11) is 0. The lowest BCUT2D eigenvalue weighted by Crippen LogP contribution is -2.37. The number of pyridine rings is 1. The predicted octanol–water partition coefficient (Wildman–Crippen LogP) is 4.37. The number of ketones is 1. The van der Waals surface area contributed by atoms with Gasteiger partial charge in [-0.05, 0) is 55.3 Å². The lowest BCUT2D eigenvalue weighted by molar-refractivity contribution is -0.133. The zero-order valence-corrected chi connectivity index (χ0v) is 21.5. The molecule has 4 aromatic heterocycles. The van der Waals surface area contributed by atoms with Crippen molar-refractivity contribution >= 4 is 17.3 Å². The van der Waals surface area contributed by atoms with Gasteiger partial charge in [0.25, 0.3) is 0 Å². The molecule has 6 rings (SSSR count). The first-order valence-electron chi connectivity index (χ1n) is 13.0. The highest BCUT2D eigenvalue weighted by Crippen LogP contribution is 2.31. The van der Waals surface area contributed by atoms with Crippen LogP contribution in [-0.2, 0) is 17.8 Å². The molecule has 0 bridgehead atoms. The average Bonchev–Trinajstić information content (AvgIpc) is 3.56. The van der Waals surface area contributed by atoms with E-state index >= 15 is 0 Å². The fourth-order valence-electron chi connectivity index (χ4n) is 4.95. The summed E-state index contributed by atoms with van der Waals surface area (Å²) in [5, 5.41) is 4.76. The molecule has 1 aromatic carbocycles. The molecular formula is C29H25F2N7O2.